The predicted octanol–water partition coefficient (Wildman–Crippen LogP) is 20.2. The Morgan fingerprint density at radius 2 is 0.588 bits per heavy atom. The fourth-order valence-corrected chi connectivity index (χ4v) is 8.77. The molecule has 0 heterocycles. The van der Waals surface area contributed by atoms with Crippen LogP contribution in [0.25, 0.3) is 0 Å². The fraction of sp³-hybridized carbons (Fsp3) is 0.810. The Labute approximate surface area is 423 Å². The van der Waals surface area contributed by atoms with Gasteiger partial charge in [0.2, 0.25) is 0 Å². The normalized spacial score (nSPS) is 12.6. The summed E-state index contributed by atoms with van der Waals surface area (Å²) in [6.45, 7) is 4.15. The minimum Gasteiger partial charge on any atom is -0.462 e. The van der Waals surface area contributed by atoms with Gasteiger partial charge in [-0.15, -0.1) is 0 Å². The van der Waals surface area contributed by atoms with E-state index in [1.807, 2.05) is 0 Å². The SMILES string of the molecule is CCCCCCC/C=C\C/C=C\C/C=C\CCCCCCCCCCCCCCC(=O)OC(CO)COC(=O)CCCCCCCCCCCCCCCCC/C=C\C/C=C\CCCCCCC. The van der Waals surface area contributed by atoms with Crippen molar-refractivity contribution in [2.24, 2.45) is 0 Å². The Morgan fingerprint density at radius 1 is 0.338 bits per heavy atom. The highest BCUT2D eigenvalue weighted by atomic mass is 16.6. The number of ether oxygens (including phenoxy) is 2. The van der Waals surface area contributed by atoms with E-state index in [-0.39, 0.29) is 25.2 Å². The number of carbonyl (C=O) groups excluding carboxylic acids is 2. The van der Waals surface area contributed by atoms with Crippen molar-refractivity contribution in [3.8, 4) is 0 Å². The molecule has 0 fully saturated rings. The lowest BCUT2D eigenvalue weighted by atomic mass is 10.0. The van der Waals surface area contributed by atoms with E-state index in [9.17, 15) is 14.7 Å². The largest absolute Gasteiger partial charge is 0.462 e. The van der Waals surface area contributed by atoms with E-state index in [1.54, 1.807) is 0 Å². The smallest absolute Gasteiger partial charge is 0.306 e. The number of carbonyl (C=O) groups is 2. The van der Waals surface area contributed by atoms with Crippen molar-refractivity contribution in [2.45, 2.75) is 315 Å². The number of unbranched alkanes of at least 4 members (excludes halogenated alkanes) is 37. The van der Waals surface area contributed by atoms with Crippen molar-refractivity contribution in [1.29, 1.82) is 0 Å². The van der Waals surface area contributed by atoms with Crippen LogP contribution in [0.3, 0.4) is 0 Å². The maximum Gasteiger partial charge on any atom is 0.306 e. The molecule has 0 aromatic heterocycles. The second-order valence-corrected chi connectivity index (χ2v) is 20.1. The third kappa shape index (κ3) is 56.2. The van der Waals surface area contributed by atoms with Gasteiger partial charge in [0, 0.05) is 12.8 Å². The van der Waals surface area contributed by atoms with Gasteiger partial charge in [0.05, 0.1) is 6.61 Å². The quantitative estimate of drug-likeness (QED) is 0.0374. The zero-order chi connectivity index (χ0) is 49.2. The molecule has 396 valence electrons. The molecule has 0 aliphatic rings. The van der Waals surface area contributed by atoms with Crippen molar-refractivity contribution in [3.63, 3.8) is 0 Å². The zero-order valence-electron chi connectivity index (χ0n) is 45.4. The lowest BCUT2D eigenvalue weighted by Gasteiger charge is -2.15. The van der Waals surface area contributed by atoms with Gasteiger partial charge in [-0.25, -0.2) is 0 Å². The van der Waals surface area contributed by atoms with Gasteiger partial charge in [-0.1, -0.05) is 274 Å². The Hall–Kier alpha value is -2.40. The average molecular weight is 952 g/mol. The highest BCUT2D eigenvalue weighted by molar-refractivity contribution is 5.70. The highest BCUT2D eigenvalue weighted by Crippen LogP contribution is 2.17. The van der Waals surface area contributed by atoms with Crippen LogP contribution < -0.4 is 0 Å². The van der Waals surface area contributed by atoms with Crippen LogP contribution in [0.1, 0.15) is 309 Å². The molecule has 5 nitrogen and oxygen atoms in total. The third-order valence-electron chi connectivity index (χ3n) is 13.3. The van der Waals surface area contributed by atoms with Crippen molar-refractivity contribution in [3.05, 3.63) is 60.8 Å². The van der Waals surface area contributed by atoms with E-state index in [0.717, 1.165) is 57.8 Å². The molecule has 1 atom stereocenters. The standard InChI is InChI=1S/C63H114O5/c1-3-5-7-9-11-13-15-17-19-21-23-25-27-29-31-33-35-37-39-41-43-45-47-49-51-53-55-57-62(65)67-60-61(59-64)68-63(66)58-56-54-52-50-48-46-44-42-40-38-36-34-32-30-28-26-24-22-20-18-16-14-12-10-8-6-4-2/h15-18,21-24,28,30,61,64H,3-14,19-20,25-27,29,31-60H2,1-2H3/b17-15-,18-16-,23-21-,24-22-,30-28-. The summed E-state index contributed by atoms with van der Waals surface area (Å²) < 4.78 is 10.7. The first kappa shape index (κ1) is 65.6. The molecule has 0 bridgehead atoms. The molecule has 0 aliphatic carbocycles. The highest BCUT2D eigenvalue weighted by Gasteiger charge is 2.16. The second-order valence-electron chi connectivity index (χ2n) is 20.1. The van der Waals surface area contributed by atoms with Gasteiger partial charge in [-0.05, 0) is 83.5 Å². The van der Waals surface area contributed by atoms with Gasteiger partial charge in [0.1, 0.15) is 6.61 Å². The monoisotopic (exact) mass is 951 g/mol. The number of aliphatic hydroxyl groups excluding tert-OH is 1. The number of aliphatic hydroxyl groups is 1. The van der Waals surface area contributed by atoms with Crippen LogP contribution in [-0.2, 0) is 19.1 Å². The van der Waals surface area contributed by atoms with Crippen LogP contribution in [0.4, 0.5) is 0 Å². The second kappa shape index (κ2) is 58.9. The average Bonchev–Trinajstić information content (AvgIpc) is 3.34. The van der Waals surface area contributed by atoms with E-state index in [2.05, 4.69) is 74.6 Å². The van der Waals surface area contributed by atoms with Gasteiger partial charge in [0.25, 0.3) is 0 Å². The minimum absolute atomic E-state index is 0.0654. The van der Waals surface area contributed by atoms with Gasteiger partial charge in [0.15, 0.2) is 6.10 Å². The predicted molar refractivity (Wildman–Crippen MR) is 297 cm³/mol. The molecule has 0 aliphatic heterocycles. The summed E-state index contributed by atoms with van der Waals surface area (Å²) in [6, 6.07) is 0. The Balaban J connectivity index is 3.47. The molecule has 0 saturated heterocycles. The van der Waals surface area contributed by atoms with E-state index in [4.69, 9.17) is 9.47 Å². The summed E-state index contributed by atoms with van der Waals surface area (Å²) in [6.07, 6.45) is 79.1. The number of esters is 2. The van der Waals surface area contributed by atoms with E-state index in [0.29, 0.717) is 12.8 Å². The maximum atomic E-state index is 12.3. The first-order chi connectivity index (χ1) is 33.6. The van der Waals surface area contributed by atoms with E-state index in [1.165, 1.54) is 225 Å². The Morgan fingerprint density at radius 3 is 0.882 bits per heavy atom. The van der Waals surface area contributed by atoms with E-state index >= 15 is 0 Å². The summed E-state index contributed by atoms with van der Waals surface area (Å²) in [7, 11) is 0. The lowest BCUT2D eigenvalue weighted by molar-refractivity contribution is -0.161. The molecular weight excluding hydrogens is 837 g/mol. The molecule has 68 heavy (non-hydrogen) atoms. The van der Waals surface area contributed by atoms with Crippen molar-refractivity contribution >= 4 is 11.9 Å². The number of allylic oxidation sites excluding steroid dienone is 10. The molecular formula is C63H114O5. The van der Waals surface area contributed by atoms with Crippen LogP contribution >= 0.6 is 0 Å². The molecule has 0 spiro atoms. The van der Waals surface area contributed by atoms with E-state index < -0.39 is 6.10 Å². The summed E-state index contributed by atoms with van der Waals surface area (Å²) in [5.74, 6) is -0.581. The third-order valence-corrected chi connectivity index (χ3v) is 13.3. The number of rotatable bonds is 55. The van der Waals surface area contributed by atoms with Gasteiger partial charge < -0.3 is 14.6 Å². The molecule has 5 heteroatoms. The molecule has 0 amide bonds. The van der Waals surface area contributed by atoms with Crippen LogP contribution in [0.5, 0.6) is 0 Å². The summed E-state index contributed by atoms with van der Waals surface area (Å²) in [5.41, 5.74) is 0. The molecule has 0 aromatic carbocycles. The summed E-state index contributed by atoms with van der Waals surface area (Å²) in [5, 5.41) is 9.67. The zero-order valence-corrected chi connectivity index (χ0v) is 45.4. The first-order valence-electron chi connectivity index (χ1n) is 29.8. The van der Waals surface area contributed by atoms with Crippen LogP contribution in [0, 0.1) is 0 Å². The molecule has 1 N–H and O–H groups in total. The molecule has 0 saturated carbocycles. The minimum atomic E-state index is -0.775. The van der Waals surface area contributed by atoms with Crippen molar-refractivity contribution in [1.82, 2.24) is 0 Å². The lowest BCUT2D eigenvalue weighted by Crippen LogP contribution is -2.28. The van der Waals surface area contributed by atoms with Crippen molar-refractivity contribution in [2.75, 3.05) is 13.2 Å². The molecule has 0 radical (unpaired) electrons. The van der Waals surface area contributed by atoms with Crippen LogP contribution in [0.15, 0.2) is 60.8 Å². The molecule has 0 aromatic rings. The Kier molecular flexibility index (Phi) is 56.8. The van der Waals surface area contributed by atoms with Crippen molar-refractivity contribution < 1.29 is 24.2 Å². The van der Waals surface area contributed by atoms with Crippen LogP contribution in [0.2, 0.25) is 0 Å². The van der Waals surface area contributed by atoms with Crippen LogP contribution in [-0.4, -0.2) is 36.4 Å². The fourth-order valence-electron chi connectivity index (χ4n) is 8.77. The first-order valence-corrected chi connectivity index (χ1v) is 29.8. The van der Waals surface area contributed by atoms with Gasteiger partial charge >= 0.3 is 11.9 Å². The number of hydrogen-bond donors (Lipinski definition) is 1. The summed E-state index contributed by atoms with van der Waals surface area (Å²) in [4.78, 5) is 24.6. The maximum absolute atomic E-state index is 12.3. The Bertz CT molecular complexity index is 1170. The number of hydrogen-bond acceptors (Lipinski definition) is 5. The molecule has 1 unspecified atom stereocenters. The summed E-state index contributed by atoms with van der Waals surface area (Å²) >= 11 is 0. The topological polar surface area (TPSA) is 72.8 Å². The van der Waals surface area contributed by atoms with Gasteiger partial charge in [-0.3, -0.25) is 9.59 Å². The van der Waals surface area contributed by atoms with Gasteiger partial charge in [-0.2, -0.15) is 0 Å². The molecule has 0 rings (SSSR count).